The summed E-state index contributed by atoms with van der Waals surface area (Å²) in [5.74, 6) is 1.17. The van der Waals surface area contributed by atoms with Gasteiger partial charge in [0.15, 0.2) is 0 Å². The van der Waals surface area contributed by atoms with Crippen molar-refractivity contribution in [3.8, 4) is 0 Å². The Bertz CT molecular complexity index is 501. The molecule has 0 saturated heterocycles. The molecule has 0 aliphatic heterocycles. The van der Waals surface area contributed by atoms with Crippen LogP contribution in [0.15, 0.2) is 23.8 Å². The minimum absolute atomic E-state index is 0.382. The lowest BCUT2D eigenvalue weighted by Crippen LogP contribution is -2.25. The summed E-state index contributed by atoms with van der Waals surface area (Å²) in [6.07, 6.45) is 6.08. The van der Waals surface area contributed by atoms with Gasteiger partial charge in [-0.2, -0.15) is 0 Å². The summed E-state index contributed by atoms with van der Waals surface area (Å²) in [5.41, 5.74) is 1.38. The maximum absolute atomic E-state index is 4.50. The quantitative estimate of drug-likeness (QED) is 0.838. The number of hydrogen-bond acceptors (Lipinski definition) is 3. The van der Waals surface area contributed by atoms with Gasteiger partial charge in [-0.3, -0.25) is 0 Å². The molecule has 0 radical (unpaired) electrons. The number of aromatic nitrogens is 2. The first kappa shape index (κ1) is 14.3. The third kappa shape index (κ3) is 3.45. The van der Waals surface area contributed by atoms with E-state index in [2.05, 4.69) is 53.3 Å². The summed E-state index contributed by atoms with van der Waals surface area (Å²) in [5, 5.41) is 5.84. The van der Waals surface area contributed by atoms with Crippen molar-refractivity contribution in [2.75, 3.05) is 6.54 Å². The zero-order valence-electron chi connectivity index (χ0n) is 12.0. The summed E-state index contributed by atoms with van der Waals surface area (Å²) in [6, 6.07) is 2.58. The number of nitrogens with zero attached hydrogens (tertiary/aromatic N) is 2. The lowest BCUT2D eigenvalue weighted by atomic mass is 10.1. The van der Waals surface area contributed by atoms with E-state index in [0.29, 0.717) is 6.04 Å². The molecule has 104 valence electrons. The first-order chi connectivity index (χ1) is 9.26. The molecule has 0 bridgehead atoms. The van der Waals surface area contributed by atoms with E-state index in [1.54, 1.807) is 0 Å². The van der Waals surface area contributed by atoms with Crippen molar-refractivity contribution in [1.29, 1.82) is 0 Å². The number of hydrogen-bond donors (Lipinski definition) is 1. The number of imidazole rings is 1. The fourth-order valence-electron chi connectivity index (χ4n) is 2.32. The van der Waals surface area contributed by atoms with Gasteiger partial charge in [0.1, 0.15) is 5.82 Å². The van der Waals surface area contributed by atoms with Gasteiger partial charge in [0.25, 0.3) is 0 Å². The molecular weight excluding hydrogens is 254 g/mol. The molecule has 2 aromatic heterocycles. The monoisotopic (exact) mass is 277 g/mol. The molecule has 0 fully saturated rings. The van der Waals surface area contributed by atoms with Gasteiger partial charge in [-0.1, -0.05) is 6.92 Å². The molecule has 4 heteroatoms. The lowest BCUT2D eigenvalue weighted by molar-refractivity contribution is 0.511. The van der Waals surface area contributed by atoms with Crippen LogP contribution in [0.25, 0.3) is 0 Å². The standard InChI is InChI=1S/C15H23N3S/c1-4-7-16-13(15-12(3)6-10-19-15)11-14-17-8-9-18(14)5-2/h6,8-10,13,16H,4-5,7,11H2,1-3H3. The van der Waals surface area contributed by atoms with Gasteiger partial charge in [-0.15, -0.1) is 11.3 Å². The largest absolute Gasteiger partial charge is 0.335 e. The van der Waals surface area contributed by atoms with Crippen LogP contribution in [-0.2, 0) is 13.0 Å². The fourth-order valence-corrected chi connectivity index (χ4v) is 3.32. The Morgan fingerprint density at radius 3 is 2.89 bits per heavy atom. The molecule has 0 saturated carbocycles. The fraction of sp³-hybridized carbons (Fsp3) is 0.533. The Morgan fingerprint density at radius 1 is 1.42 bits per heavy atom. The van der Waals surface area contributed by atoms with E-state index in [9.17, 15) is 0 Å². The normalized spacial score (nSPS) is 12.8. The Kier molecular flexibility index (Phi) is 5.16. The molecule has 2 aromatic rings. The average molecular weight is 277 g/mol. The molecule has 3 nitrogen and oxygen atoms in total. The summed E-state index contributed by atoms with van der Waals surface area (Å²) in [6.45, 7) is 8.60. The third-order valence-electron chi connectivity index (χ3n) is 3.39. The van der Waals surface area contributed by atoms with Crippen LogP contribution in [0.5, 0.6) is 0 Å². The highest BCUT2D eigenvalue weighted by Gasteiger charge is 2.17. The molecule has 19 heavy (non-hydrogen) atoms. The lowest BCUT2D eigenvalue weighted by Gasteiger charge is -2.18. The molecular formula is C15H23N3S. The van der Waals surface area contributed by atoms with E-state index in [4.69, 9.17) is 0 Å². The molecule has 0 aliphatic rings. The molecule has 2 rings (SSSR count). The van der Waals surface area contributed by atoms with Gasteiger partial charge in [-0.05, 0) is 43.8 Å². The minimum atomic E-state index is 0.382. The summed E-state index contributed by atoms with van der Waals surface area (Å²) in [4.78, 5) is 5.95. The van der Waals surface area contributed by atoms with Crippen molar-refractivity contribution in [2.24, 2.45) is 0 Å². The smallest absolute Gasteiger partial charge is 0.110 e. The molecule has 0 aliphatic carbocycles. The maximum atomic E-state index is 4.50. The molecule has 0 spiro atoms. The molecule has 0 amide bonds. The van der Waals surface area contributed by atoms with Gasteiger partial charge in [-0.25, -0.2) is 4.98 Å². The molecule has 1 atom stereocenters. The zero-order chi connectivity index (χ0) is 13.7. The van der Waals surface area contributed by atoms with E-state index in [-0.39, 0.29) is 0 Å². The topological polar surface area (TPSA) is 29.9 Å². The highest BCUT2D eigenvalue weighted by molar-refractivity contribution is 7.10. The summed E-state index contributed by atoms with van der Waals surface area (Å²) >= 11 is 1.84. The highest BCUT2D eigenvalue weighted by atomic mass is 32.1. The van der Waals surface area contributed by atoms with Crippen LogP contribution in [0.1, 0.15) is 42.6 Å². The van der Waals surface area contributed by atoms with Crippen LogP contribution in [0.2, 0.25) is 0 Å². The molecule has 1 unspecified atom stereocenters. The predicted octanol–water partition coefficient (Wildman–Crippen LogP) is 3.56. The van der Waals surface area contributed by atoms with Gasteiger partial charge in [0.05, 0.1) is 0 Å². The van der Waals surface area contributed by atoms with Crippen LogP contribution in [-0.4, -0.2) is 16.1 Å². The SMILES string of the molecule is CCCNC(Cc1nccn1CC)c1sccc1C. The first-order valence-electron chi connectivity index (χ1n) is 7.03. The van der Waals surface area contributed by atoms with Crippen molar-refractivity contribution in [2.45, 2.75) is 46.2 Å². The van der Waals surface area contributed by atoms with Crippen molar-refractivity contribution in [3.63, 3.8) is 0 Å². The van der Waals surface area contributed by atoms with E-state index in [1.807, 2.05) is 17.5 Å². The summed E-state index contributed by atoms with van der Waals surface area (Å²) in [7, 11) is 0. The van der Waals surface area contributed by atoms with Crippen LogP contribution < -0.4 is 5.32 Å². The maximum Gasteiger partial charge on any atom is 0.110 e. The number of nitrogens with one attached hydrogen (secondary N) is 1. The highest BCUT2D eigenvalue weighted by Crippen LogP contribution is 2.26. The average Bonchev–Trinajstić information content (AvgIpc) is 3.03. The second kappa shape index (κ2) is 6.87. The Hall–Kier alpha value is -1.13. The Labute approximate surface area is 119 Å². The number of thiophene rings is 1. The third-order valence-corrected chi connectivity index (χ3v) is 4.52. The zero-order valence-corrected chi connectivity index (χ0v) is 12.8. The van der Waals surface area contributed by atoms with Crippen molar-refractivity contribution >= 4 is 11.3 Å². The molecule has 2 heterocycles. The number of rotatable bonds is 7. The van der Waals surface area contributed by atoms with Gasteiger partial charge in [0.2, 0.25) is 0 Å². The van der Waals surface area contributed by atoms with E-state index in [0.717, 1.165) is 25.9 Å². The predicted molar refractivity (Wildman–Crippen MR) is 81.7 cm³/mol. The Balaban J connectivity index is 2.17. The minimum Gasteiger partial charge on any atom is -0.335 e. The van der Waals surface area contributed by atoms with E-state index in [1.165, 1.54) is 16.3 Å². The van der Waals surface area contributed by atoms with Crippen molar-refractivity contribution in [1.82, 2.24) is 14.9 Å². The van der Waals surface area contributed by atoms with E-state index >= 15 is 0 Å². The van der Waals surface area contributed by atoms with Gasteiger partial charge >= 0.3 is 0 Å². The van der Waals surface area contributed by atoms with Gasteiger partial charge in [0, 0.05) is 36.3 Å². The second-order valence-electron chi connectivity index (χ2n) is 4.81. The van der Waals surface area contributed by atoms with Crippen LogP contribution in [0.3, 0.4) is 0 Å². The van der Waals surface area contributed by atoms with E-state index < -0.39 is 0 Å². The summed E-state index contributed by atoms with van der Waals surface area (Å²) < 4.78 is 2.23. The van der Waals surface area contributed by atoms with Crippen molar-refractivity contribution in [3.05, 3.63) is 40.1 Å². The second-order valence-corrected chi connectivity index (χ2v) is 5.76. The number of aryl methyl sites for hydroxylation is 2. The van der Waals surface area contributed by atoms with Crippen LogP contribution in [0.4, 0.5) is 0 Å². The molecule has 0 aromatic carbocycles. The van der Waals surface area contributed by atoms with Crippen molar-refractivity contribution < 1.29 is 0 Å². The first-order valence-corrected chi connectivity index (χ1v) is 7.91. The van der Waals surface area contributed by atoms with Crippen LogP contribution in [0, 0.1) is 6.92 Å². The van der Waals surface area contributed by atoms with Gasteiger partial charge < -0.3 is 9.88 Å². The Morgan fingerprint density at radius 2 is 2.26 bits per heavy atom. The molecule has 1 N–H and O–H groups in total. The van der Waals surface area contributed by atoms with Crippen LogP contribution >= 0.6 is 11.3 Å².